The summed E-state index contributed by atoms with van der Waals surface area (Å²) in [5.74, 6) is 0.812. The fraction of sp³-hybridized carbons (Fsp3) is 0. The standard InChI is InChI=1S/C38H21N3O/c39-22-23-19-20-29-31-15-7-16-32(37(31)42-35(29)21-23)38-40-33-17-8-14-30-27-12-4-2-10-25(27)24-9-1-3-11-26(24)28-13-5-6-18-34(28)41(38)36(30)33/h1-21H. The van der Waals surface area contributed by atoms with Gasteiger partial charge in [-0.25, -0.2) is 4.98 Å². The third-order valence-corrected chi connectivity index (χ3v) is 8.41. The lowest BCUT2D eigenvalue weighted by Gasteiger charge is -2.06. The largest absolute Gasteiger partial charge is 0.455 e. The fourth-order valence-corrected chi connectivity index (χ4v) is 6.61. The van der Waals surface area contributed by atoms with E-state index in [2.05, 4.69) is 120 Å². The van der Waals surface area contributed by atoms with Crippen molar-refractivity contribution in [3.05, 3.63) is 133 Å². The molecule has 6 aromatic carbocycles. The number of furan rings is 1. The van der Waals surface area contributed by atoms with Gasteiger partial charge in [-0.05, 0) is 57.9 Å². The summed E-state index contributed by atoms with van der Waals surface area (Å²) in [6.07, 6.45) is 0. The normalized spacial score (nSPS) is 11.8. The number of nitriles is 1. The minimum absolute atomic E-state index is 0.574. The molecule has 9 aromatic rings. The Morgan fingerprint density at radius 2 is 1.19 bits per heavy atom. The zero-order valence-corrected chi connectivity index (χ0v) is 22.4. The second kappa shape index (κ2) is 8.54. The lowest BCUT2D eigenvalue weighted by molar-refractivity contribution is 0.669. The van der Waals surface area contributed by atoms with Gasteiger partial charge in [-0.2, -0.15) is 5.26 Å². The molecule has 0 unspecified atom stereocenters. The van der Waals surface area contributed by atoms with E-state index < -0.39 is 0 Å². The van der Waals surface area contributed by atoms with Gasteiger partial charge in [-0.3, -0.25) is 4.40 Å². The van der Waals surface area contributed by atoms with Crippen LogP contribution in [-0.2, 0) is 0 Å². The summed E-state index contributed by atoms with van der Waals surface area (Å²) < 4.78 is 8.81. The van der Waals surface area contributed by atoms with Crippen molar-refractivity contribution in [1.82, 2.24) is 9.38 Å². The average Bonchev–Trinajstić information content (AvgIpc) is 3.63. The molecule has 9 rings (SSSR count). The zero-order chi connectivity index (χ0) is 27.8. The van der Waals surface area contributed by atoms with Gasteiger partial charge in [0.1, 0.15) is 17.0 Å². The molecule has 0 amide bonds. The van der Waals surface area contributed by atoms with Gasteiger partial charge in [0.25, 0.3) is 0 Å². The van der Waals surface area contributed by atoms with Crippen LogP contribution in [0.1, 0.15) is 5.56 Å². The minimum atomic E-state index is 0.574. The summed E-state index contributed by atoms with van der Waals surface area (Å²) in [5.41, 5.74) is 5.96. The van der Waals surface area contributed by atoms with Crippen LogP contribution < -0.4 is 0 Å². The molecule has 3 heterocycles. The van der Waals surface area contributed by atoms with Crippen molar-refractivity contribution in [2.45, 2.75) is 0 Å². The molecule has 0 saturated heterocycles. The van der Waals surface area contributed by atoms with Crippen molar-refractivity contribution >= 4 is 70.8 Å². The summed E-state index contributed by atoms with van der Waals surface area (Å²) in [6.45, 7) is 0. The topological polar surface area (TPSA) is 54.2 Å². The number of fused-ring (bicyclic) bond motifs is 10. The SMILES string of the molecule is N#Cc1ccc2c(c1)oc1c(-c3nc4cccc5c6ccccc6c6ccccc6c6ccccc6n3c45)cccc12. The highest BCUT2D eigenvalue weighted by Gasteiger charge is 2.20. The number of hydrogen-bond acceptors (Lipinski definition) is 3. The zero-order valence-electron chi connectivity index (χ0n) is 22.4. The molecule has 0 aliphatic heterocycles. The third-order valence-electron chi connectivity index (χ3n) is 8.41. The van der Waals surface area contributed by atoms with E-state index in [0.717, 1.165) is 55.1 Å². The second-order valence-corrected chi connectivity index (χ2v) is 10.7. The van der Waals surface area contributed by atoms with Crippen molar-refractivity contribution < 1.29 is 4.42 Å². The Labute approximate surface area is 239 Å². The van der Waals surface area contributed by atoms with Gasteiger partial charge in [0.05, 0.1) is 33.7 Å². The molecule has 0 N–H and O–H groups in total. The Morgan fingerprint density at radius 1 is 0.571 bits per heavy atom. The molecule has 0 aliphatic rings. The van der Waals surface area contributed by atoms with Gasteiger partial charge in [0.15, 0.2) is 0 Å². The first kappa shape index (κ1) is 22.9. The summed E-state index contributed by atoms with van der Waals surface area (Å²) in [5, 5.41) is 18.5. The number of rotatable bonds is 1. The lowest BCUT2D eigenvalue weighted by Crippen LogP contribution is -1.91. The highest BCUT2D eigenvalue weighted by molar-refractivity contribution is 6.21. The van der Waals surface area contributed by atoms with Gasteiger partial charge in [0, 0.05) is 21.5 Å². The quantitative estimate of drug-likeness (QED) is 0.210. The van der Waals surface area contributed by atoms with E-state index in [-0.39, 0.29) is 0 Å². The van der Waals surface area contributed by atoms with Crippen LogP contribution in [0.15, 0.2) is 132 Å². The minimum Gasteiger partial charge on any atom is -0.455 e. The number of aromatic nitrogens is 2. The molecule has 0 atom stereocenters. The highest BCUT2D eigenvalue weighted by atomic mass is 16.3. The average molecular weight is 536 g/mol. The van der Waals surface area contributed by atoms with Gasteiger partial charge >= 0.3 is 0 Å². The van der Waals surface area contributed by atoms with Crippen LogP contribution in [0.25, 0.3) is 82.2 Å². The van der Waals surface area contributed by atoms with Crippen LogP contribution in [0.4, 0.5) is 0 Å². The van der Waals surface area contributed by atoms with Crippen molar-refractivity contribution in [1.29, 1.82) is 5.26 Å². The number of para-hydroxylation sites is 3. The molecule has 0 bridgehead atoms. The van der Waals surface area contributed by atoms with Crippen molar-refractivity contribution in [3.8, 4) is 17.5 Å². The molecular formula is C38H21N3O. The fourth-order valence-electron chi connectivity index (χ4n) is 6.61. The van der Waals surface area contributed by atoms with Crippen molar-refractivity contribution in [3.63, 3.8) is 0 Å². The molecule has 0 aliphatic carbocycles. The second-order valence-electron chi connectivity index (χ2n) is 10.7. The molecule has 0 fully saturated rings. The highest BCUT2D eigenvalue weighted by Crippen LogP contribution is 2.40. The Balaban J connectivity index is 1.58. The first-order valence-electron chi connectivity index (χ1n) is 14.0. The maximum absolute atomic E-state index is 9.49. The number of imidazole rings is 1. The third kappa shape index (κ3) is 3.08. The molecule has 0 radical (unpaired) electrons. The Morgan fingerprint density at radius 3 is 1.95 bits per heavy atom. The lowest BCUT2D eigenvalue weighted by atomic mass is 10.0. The van der Waals surface area contributed by atoms with Gasteiger partial charge in [-0.15, -0.1) is 0 Å². The number of nitrogens with zero attached hydrogens (tertiary/aromatic N) is 3. The van der Waals surface area contributed by atoms with Crippen LogP contribution in [0.3, 0.4) is 0 Å². The molecular weight excluding hydrogens is 514 g/mol. The molecule has 0 spiro atoms. The Hall–Kier alpha value is -5.92. The Bertz CT molecular complexity index is 2650. The predicted octanol–water partition coefficient (Wildman–Crippen LogP) is 9.95. The monoisotopic (exact) mass is 535 g/mol. The van der Waals surface area contributed by atoms with Crippen LogP contribution in [0.5, 0.6) is 0 Å². The molecule has 4 heteroatoms. The maximum Gasteiger partial charge on any atom is 0.149 e. The smallest absolute Gasteiger partial charge is 0.149 e. The van der Waals surface area contributed by atoms with Crippen LogP contribution >= 0.6 is 0 Å². The molecule has 0 saturated carbocycles. The first-order valence-corrected chi connectivity index (χ1v) is 14.0. The van der Waals surface area contributed by atoms with Crippen LogP contribution in [-0.4, -0.2) is 9.38 Å². The van der Waals surface area contributed by atoms with Gasteiger partial charge < -0.3 is 4.42 Å². The number of hydrogen-bond donors (Lipinski definition) is 0. The summed E-state index contributed by atoms with van der Waals surface area (Å²) >= 11 is 0. The van der Waals surface area contributed by atoms with E-state index in [1.807, 2.05) is 18.2 Å². The van der Waals surface area contributed by atoms with E-state index in [9.17, 15) is 5.26 Å². The van der Waals surface area contributed by atoms with E-state index in [1.165, 1.54) is 21.5 Å². The van der Waals surface area contributed by atoms with Crippen molar-refractivity contribution in [2.24, 2.45) is 0 Å². The van der Waals surface area contributed by atoms with E-state index in [0.29, 0.717) is 11.1 Å². The molecule has 194 valence electrons. The first-order chi connectivity index (χ1) is 20.8. The van der Waals surface area contributed by atoms with E-state index in [1.54, 1.807) is 0 Å². The van der Waals surface area contributed by atoms with Gasteiger partial charge in [-0.1, -0.05) is 91.0 Å². The number of benzene rings is 6. The Kier molecular flexibility index (Phi) is 4.65. The predicted molar refractivity (Wildman–Crippen MR) is 171 cm³/mol. The maximum atomic E-state index is 9.49. The summed E-state index contributed by atoms with van der Waals surface area (Å²) in [6, 6.07) is 46.3. The summed E-state index contributed by atoms with van der Waals surface area (Å²) in [7, 11) is 0. The van der Waals surface area contributed by atoms with E-state index in [4.69, 9.17) is 9.40 Å². The van der Waals surface area contributed by atoms with Crippen LogP contribution in [0, 0.1) is 11.3 Å². The molecule has 42 heavy (non-hydrogen) atoms. The molecule has 3 aromatic heterocycles. The van der Waals surface area contributed by atoms with Gasteiger partial charge in [0.2, 0.25) is 0 Å². The van der Waals surface area contributed by atoms with E-state index >= 15 is 0 Å². The molecule has 4 nitrogen and oxygen atoms in total. The summed E-state index contributed by atoms with van der Waals surface area (Å²) in [4.78, 5) is 5.30. The van der Waals surface area contributed by atoms with Crippen LogP contribution in [0.2, 0.25) is 0 Å². The van der Waals surface area contributed by atoms with Crippen molar-refractivity contribution in [2.75, 3.05) is 0 Å².